The van der Waals surface area contributed by atoms with E-state index >= 15 is 0 Å². The molecular formula is C21H24F2N6OS2. The lowest BCUT2D eigenvalue weighted by Crippen LogP contribution is -2.40. The molecule has 0 unspecified atom stereocenters. The summed E-state index contributed by atoms with van der Waals surface area (Å²) in [5, 5.41) is 7.86. The molecule has 3 aromatic heterocycles. The highest BCUT2D eigenvalue weighted by Crippen LogP contribution is 2.40. The zero-order valence-corrected chi connectivity index (χ0v) is 19.3. The van der Waals surface area contributed by atoms with Crippen LogP contribution < -0.4 is 9.62 Å². The van der Waals surface area contributed by atoms with Crippen LogP contribution in [-0.4, -0.2) is 51.4 Å². The summed E-state index contributed by atoms with van der Waals surface area (Å²) in [6, 6.07) is 2.19. The minimum absolute atomic E-state index is 0.183. The van der Waals surface area contributed by atoms with Gasteiger partial charge in [-0.05, 0) is 50.1 Å². The molecule has 11 heteroatoms. The molecule has 3 aliphatic rings. The van der Waals surface area contributed by atoms with Crippen LogP contribution >= 0.6 is 23.3 Å². The molecule has 1 N–H and O–H groups in total. The van der Waals surface area contributed by atoms with Crippen LogP contribution in [0.15, 0.2) is 23.4 Å². The van der Waals surface area contributed by atoms with E-state index < -0.39 is 6.43 Å². The van der Waals surface area contributed by atoms with Crippen molar-refractivity contribution in [3.05, 3.63) is 23.5 Å². The Hall–Kier alpha value is -1.82. The molecule has 3 fully saturated rings. The largest absolute Gasteiger partial charge is 0.381 e. The van der Waals surface area contributed by atoms with Crippen LogP contribution in [0.4, 0.5) is 14.5 Å². The molecule has 3 aromatic rings. The first kappa shape index (κ1) is 20.8. The lowest BCUT2D eigenvalue weighted by molar-refractivity contribution is 0.150. The zero-order valence-electron chi connectivity index (χ0n) is 17.6. The molecule has 0 aromatic carbocycles. The molecule has 2 atom stereocenters. The topological polar surface area (TPSA) is 67.6 Å². The Morgan fingerprint density at radius 1 is 1.28 bits per heavy atom. The minimum atomic E-state index is -2.62. The van der Waals surface area contributed by atoms with Gasteiger partial charge in [0.15, 0.2) is 15.7 Å². The second kappa shape index (κ2) is 7.89. The molecule has 5 heterocycles. The van der Waals surface area contributed by atoms with Crippen molar-refractivity contribution in [2.24, 2.45) is 11.8 Å². The molecule has 0 amide bonds. The van der Waals surface area contributed by atoms with Crippen molar-refractivity contribution in [2.45, 2.75) is 43.0 Å². The van der Waals surface area contributed by atoms with E-state index in [2.05, 4.69) is 37.8 Å². The number of aromatic nitrogens is 4. The Morgan fingerprint density at radius 3 is 2.91 bits per heavy atom. The fourth-order valence-corrected chi connectivity index (χ4v) is 6.07. The lowest BCUT2D eigenvalue weighted by atomic mass is 9.88. The summed E-state index contributed by atoms with van der Waals surface area (Å²) in [6.07, 6.45) is 4.54. The summed E-state index contributed by atoms with van der Waals surface area (Å²) in [4.78, 5) is 8.14. The van der Waals surface area contributed by atoms with Crippen molar-refractivity contribution in [3.63, 3.8) is 0 Å². The van der Waals surface area contributed by atoms with E-state index in [1.165, 1.54) is 12.8 Å². The summed E-state index contributed by atoms with van der Waals surface area (Å²) in [5.74, 6) is 1.18. The number of rotatable bonds is 6. The van der Waals surface area contributed by atoms with Crippen molar-refractivity contribution in [1.29, 1.82) is 0 Å². The highest BCUT2D eigenvalue weighted by atomic mass is 32.2. The van der Waals surface area contributed by atoms with Crippen LogP contribution in [0.2, 0.25) is 0 Å². The monoisotopic (exact) mass is 478 g/mol. The number of hydrogen-bond acceptors (Lipinski definition) is 8. The zero-order chi connectivity index (χ0) is 21.9. The molecule has 1 saturated carbocycles. The molecule has 170 valence electrons. The Kier molecular flexibility index (Phi) is 5.12. The van der Waals surface area contributed by atoms with E-state index in [4.69, 9.17) is 4.74 Å². The Labute approximate surface area is 192 Å². The van der Waals surface area contributed by atoms with Gasteiger partial charge in [0.2, 0.25) is 0 Å². The highest BCUT2D eigenvalue weighted by molar-refractivity contribution is 7.97. The average molecular weight is 479 g/mol. The van der Waals surface area contributed by atoms with Crippen LogP contribution in [0.5, 0.6) is 0 Å². The van der Waals surface area contributed by atoms with Gasteiger partial charge in [-0.15, -0.1) is 10.2 Å². The maximum Gasteiger partial charge on any atom is 0.291 e. The van der Waals surface area contributed by atoms with E-state index in [9.17, 15) is 8.78 Å². The van der Waals surface area contributed by atoms with Gasteiger partial charge in [0.1, 0.15) is 5.69 Å². The fraction of sp³-hybridized carbons (Fsp3) is 0.571. The maximum atomic E-state index is 13.1. The van der Waals surface area contributed by atoms with E-state index in [0.717, 1.165) is 60.3 Å². The molecule has 0 bridgehead atoms. The van der Waals surface area contributed by atoms with Gasteiger partial charge < -0.3 is 9.64 Å². The molecule has 32 heavy (non-hydrogen) atoms. The van der Waals surface area contributed by atoms with Crippen molar-refractivity contribution in [2.75, 3.05) is 31.2 Å². The van der Waals surface area contributed by atoms with Gasteiger partial charge in [0.05, 0.1) is 18.5 Å². The number of nitrogens with one attached hydrogen (secondary N) is 1. The minimum Gasteiger partial charge on any atom is -0.381 e. The molecule has 2 saturated heterocycles. The van der Waals surface area contributed by atoms with E-state index in [-0.39, 0.29) is 10.5 Å². The summed E-state index contributed by atoms with van der Waals surface area (Å²) < 4.78 is 37.4. The molecular weight excluding hydrogens is 454 g/mol. The summed E-state index contributed by atoms with van der Waals surface area (Å²) in [6.45, 7) is 5.79. The number of alkyl halides is 2. The highest BCUT2D eigenvalue weighted by Gasteiger charge is 2.37. The van der Waals surface area contributed by atoms with Gasteiger partial charge in [-0.2, -0.15) is 0 Å². The number of halogens is 2. The number of nitrogens with zero attached hydrogens (tertiary/aromatic N) is 5. The van der Waals surface area contributed by atoms with Crippen molar-refractivity contribution in [1.82, 2.24) is 24.3 Å². The van der Waals surface area contributed by atoms with Crippen LogP contribution in [0.25, 0.3) is 16.3 Å². The Morgan fingerprint density at radius 2 is 2.12 bits per heavy atom. The average Bonchev–Trinajstić information content (AvgIpc) is 3.22. The molecule has 7 nitrogen and oxygen atoms in total. The maximum absolute atomic E-state index is 13.1. The van der Waals surface area contributed by atoms with Crippen molar-refractivity contribution >= 4 is 34.6 Å². The van der Waals surface area contributed by atoms with E-state index in [0.29, 0.717) is 22.5 Å². The Balaban J connectivity index is 1.40. The quantitative estimate of drug-likeness (QED) is 0.526. The third-order valence-electron chi connectivity index (χ3n) is 6.72. The summed E-state index contributed by atoms with van der Waals surface area (Å²) in [5.41, 5.74) is 2.74. The molecule has 2 aliphatic heterocycles. The van der Waals surface area contributed by atoms with Crippen LogP contribution in [0.1, 0.15) is 37.6 Å². The van der Waals surface area contributed by atoms with E-state index in [1.807, 2.05) is 10.6 Å². The number of piperidine rings is 1. The van der Waals surface area contributed by atoms with Gasteiger partial charge in [-0.1, -0.05) is 11.3 Å². The van der Waals surface area contributed by atoms with E-state index in [1.54, 1.807) is 18.1 Å². The van der Waals surface area contributed by atoms with Crippen LogP contribution in [-0.2, 0) is 4.74 Å². The number of anilines is 1. The van der Waals surface area contributed by atoms with Gasteiger partial charge in [-0.25, -0.2) is 13.8 Å². The normalized spacial score (nSPS) is 24.4. The molecule has 1 aliphatic carbocycles. The SMILES string of the molecule is CC1(NSc2cc(N3CC[C@@H]4COC[C@@H]4C3)c3ncc(-c4nnc(C(F)F)s4)n3c2)CC1. The second-order valence-electron chi connectivity index (χ2n) is 9.20. The van der Waals surface area contributed by atoms with Crippen molar-refractivity contribution < 1.29 is 13.5 Å². The summed E-state index contributed by atoms with van der Waals surface area (Å²) in [7, 11) is 0. The van der Waals surface area contributed by atoms with Crippen molar-refractivity contribution in [3.8, 4) is 10.7 Å². The van der Waals surface area contributed by atoms with Gasteiger partial charge in [0, 0.05) is 42.2 Å². The number of imidazole rings is 1. The number of pyridine rings is 1. The second-order valence-corrected chi connectivity index (χ2v) is 11.1. The third-order valence-corrected chi connectivity index (χ3v) is 8.73. The Bertz CT molecular complexity index is 1150. The fourth-order valence-electron chi connectivity index (χ4n) is 4.47. The van der Waals surface area contributed by atoms with Crippen LogP contribution in [0.3, 0.4) is 0 Å². The first-order valence-electron chi connectivity index (χ1n) is 10.9. The van der Waals surface area contributed by atoms with Gasteiger partial charge in [-0.3, -0.25) is 9.12 Å². The lowest BCUT2D eigenvalue weighted by Gasteiger charge is -2.35. The van der Waals surface area contributed by atoms with Gasteiger partial charge in [0.25, 0.3) is 6.43 Å². The molecule has 0 spiro atoms. The number of ether oxygens (including phenoxy) is 1. The predicted octanol–water partition coefficient (Wildman–Crippen LogP) is 4.41. The third kappa shape index (κ3) is 3.78. The predicted molar refractivity (Wildman–Crippen MR) is 120 cm³/mol. The number of fused-ring (bicyclic) bond motifs is 2. The van der Waals surface area contributed by atoms with Crippen LogP contribution in [0, 0.1) is 11.8 Å². The van der Waals surface area contributed by atoms with Gasteiger partial charge >= 0.3 is 0 Å². The standard InChI is InChI=1S/C21H24F2N6OS2/c1-21(3-4-21)27-32-14-6-15(28-5-2-12-10-30-11-13(12)8-28)18-24-7-16(29(18)9-14)19-25-26-20(31-19)17(22)23/h6-7,9,12-13,17,27H,2-5,8,10-11H2,1H3/t12-,13+/m1/s1. The molecule has 6 rings (SSSR count). The first-order valence-corrected chi connectivity index (χ1v) is 12.5. The number of hydrogen-bond donors (Lipinski definition) is 1. The smallest absolute Gasteiger partial charge is 0.291 e. The first-order chi connectivity index (χ1) is 15.5. The summed E-state index contributed by atoms with van der Waals surface area (Å²) >= 11 is 2.53. The molecule has 0 radical (unpaired) electrons.